The smallest absolute Gasteiger partial charge is 0.339 e. The van der Waals surface area contributed by atoms with Gasteiger partial charge < -0.3 is 10.1 Å². The van der Waals surface area contributed by atoms with Gasteiger partial charge in [-0.05, 0) is 25.8 Å². The number of non-ortho nitro benzene ring substituents is 1. The van der Waals surface area contributed by atoms with Crippen LogP contribution in [0.5, 0.6) is 0 Å². The van der Waals surface area contributed by atoms with Crippen molar-refractivity contribution < 1.29 is 19.2 Å². The number of carbonyl (C=O) groups excluding carboxylic acids is 2. The summed E-state index contributed by atoms with van der Waals surface area (Å²) >= 11 is 0. The summed E-state index contributed by atoms with van der Waals surface area (Å²) in [5, 5.41) is 13.6. The highest BCUT2D eigenvalue weighted by Gasteiger charge is 2.23. The van der Waals surface area contributed by atoms with Gasteiger partial charge in [0.05, 0.1) is 10.5 Å². The lowest BCUT2D eigenvalue weighted by atomic mass is 9.95. The van der Waals surface area contributed by atoms with Crippen LogP contribution in [-0.4, -0.2) is 28.9 Å². The molecule has 7 nitrogen and oxygen atoms in total. The third-order valence-electron chi connectivity index (χ3n) is 3.90. The number of hydrogen-bond acceptors (Lipinski definition) is 5. The summed E-state index contributed by atoms with van der Waals surface area (Å²) in [5.74, 6) is -1.09. The van der Waals surface area contributed by atoms with E-state index >= 15 is 0 Å². The molecule has 23 heavy (non-hydrogen) atoms. The Balaban J connectivity index is 1.92. The van der Waals surface area contributed by atoms with Crippen molar-refractivity contribution in [2.75, 3.05) is 0 Å². The molecule has 0 radical (unpaired) electrons. The fourth-order valence-electron chi connectivity index (χ4n) is 2.59. The minimum absolute atomic E-state index is 0.0523. The molecule has 1 saturated carbocycles. The first-order valence-corrected chi connectivity index (χ1v) is 7.73. The van der Waals surface area contributed by atoms with E-state index < -0.39 is 17.0 Å². The Kier molecular flexibility index (Phi) is 5.67. The monoisotopic (exact) mass is 320 g/mol. The van der Waals surface area contributed by atoms with E-state index in [1.54, 1.807) is 0 Å². The maximum atomic E-state index is 12.1. The summed E-state index contributed by atoms with van der Waals surface area (Å²) in [6.45, 7) is 1.49. The van der Waals surface area contributed by atoms with Gasteiger partial charge in [-0.3, -0.25) is 14.9 Å². The van der Waals surface area contributed by atoms with Crippen LogP contribution in [0.2, 0.25) is 0 Å². The lowest BCUT2D eigenvalue weighted by Crippen LogP contribution is -2.42. The van der Waals surface area contributed by atoms with Crippen LogP contribution in [0.25, 0.3) is 0 Å². The summed E-state index contributed by atoms with van der Waals surface area (Å²) < 4.78 is 5.10. The molecule has 0 aliphatic heterocycles. The number of nitro groups is 1. The molecule has 1 N–H and O–H groups in total. The molecule has 0 saturated heterocycles. The van der Waals surface area contributed by atoms with Crippen LogP contribution in [0, 0.1) is 10.1 Å². The number of hydrogen-bond donors (Lipinski definition) is 1. The fourth-order valence-corrected chi connectivity index (χ4v) is 2.59. The van der Waals surface area contributed by atoms with Crippen LogP contribution in [0.3, 0.4) is 0 Å². The molecule has 0 spiro atoms. The van der Waals surface area contributed by atoms with Gasteiger partial charge >= 0.3 is 5.97 Å². The number of benzene rings is 1. The topological polar surface area (TPSA) is 98.5 Å². The third-order valence-corrected chi connectivity index (χ3v) is 3.90. The number of nitrogens with zero attached hydrogens (tertiary/aromatic N) is 1. The fraction of sp³-hybridized carbons (Fsp3) is 0.500. The van der Waals surface area contributed by atoms with Gasteiger partial charge in [0.15, 0.2) is 6.10 Å². The average Bonchev–Trinajstić information content (AvgIpc) is 2.55. The van der Waals surface area contributed by atoms with Crippen LogP contribution in [0.4, 0.5) is 5.69 Å². The van der Waals surface area contributed by atoms with Crippen LogP contribution in [0.1, 0.15) is 49.4 Å². The van der Waals surface area contributed by atoms with Crippen molar-refractivity contribution in [1.82, 2.24) is 5.32 Å². The Labute approximate surface area is 134 Å². The molecular weight excluding hydrogens is 300 g/mol. The zero-order valence-corrected chi connectivity index (χ0v) is 13.0. The van der Waals surface area contributed by atoms with Crippen molar-refractivity contribution in [2.24, 2.45) is 0 Å². The average molecular weight is 320 g/mol. The predicted octanol–water partition coefficient (Wildman–Crippen LogP) is 2.59. The number of amides is 1. The van der Waals surface area contributed by atoms with Gasteiger partial charge in [-0.25, -0.2) is 4.79 Å². The molecular formula is C16H20N2O5. The first-order chi connectivity index (χ1) is 11.0. The van der Waals surface area contributed by atoms with Gasteiger partial charge in [-0.1, -0.05) is 25.3 Å². The molecule has 1 aliphatic carbocycles. The van der Waals surface area contributed by atoms with E-state index in [0.717, 1.165) is 31.7 Å². The lowest BCUT2D eigenvalue weighted by molar-refractivity contribution is -0.384. The third kappa shape index (κ3) is 4.77. The lowest BCUT2D eigenvalue weighted by Gasteiger charge is -2.24. The maximum absolute atomic E-state index is 12.1. The van der Waals surface area contributed by atoms with Crippen molar-refractivity contribution in [3.8, 4) is 0 Å². The second kappa shape index (κ2) is 7.71. The molecule has 1 aromatic carbocycles. The van der Waals surface area contributed by atoms with E-state index in [1.165, 1.54) is 31.5 Å². The number of nitrogens with one attached hydrogen (secondary N) is 1. The van der Waals surface area contributed by atoms with Crippen LogP contribution < -0.4 is 5.32 Å². The zero-order valence-electron chi connectivity index (χ0n) is 13.0. The highest BCUT2D eigenvalue weighted by molar-refractivity contribution is 5.92. The molecule has 2 rings (SSSR count). The van der Waals surface area contributed by atoms with E-state index in [9.17, 15) is 19.7 Å². The van der Waals surface area contributed by atoms with Crippen molar-refractivity contribution in [3.05, 3.63) is 39.9 Å². The molecule has 1 atom stereocenters. The minimum atomic E-state index is -0.941. The van der Waals surface area contributed by atoms with Gasteiger partial charge in [-0.15, -0.1) is 0 Å². The minimum Gasteiger partial charge on any atom is -0.449 e. The second-order valence-corrected chi connectivity index (χ2v) is 5.70. The summed E-state index contributed by atoms with van der Waals surface area (Å²) in [4.78, 5) is 34.2. The number of nitro benzene ring substituents is 1. The number of esters is 1. The number of ether oxygens (including phenoxy) is 1. The Hall–Kier alpha value is -2.44. The van der Waals surface area contributed by atoms with Crippen molar-refractivity contribution >= 4 is 17.6 Å². The van der Waals surface area contributed by atoms with Crippen molar-refractivity contribution in [3.63, 3.8) is 0 Å². The summed E-state index contributed by atoms with van der Waals surface area (Å²) in [5.41, 5.74) is -0.143. The Morgan fingerprint density at radius 3 is 2.65 bits per heavy atom. The summed E-state index contributed by atoms with van der Waals surface area (Å²) in [6, 6.07) is 5.38. The Morgan fingerprint density at radius 2 is 2.00 bits per heavy atom. The first kappa shape index (κ1) is 16.9. The maximum Gasteiger partial charge on any atom is 0.339 e. The molecule has 0 heterocycles. The Morgan fingerprint density at radius 1 is 1.30 bits per heavy atom. The van der Waals surface area contributed by atoms with Gasteiger partial charge in [0.1, 0.15) is 0 Å². The van der Waals surface area contributed by atoms with E-state index in [2.05, 4.69) is 5.32 Å². The molecule has 1 aliphatic rings. The Bertz CT molecular complexity index is 596. The molecule has 0 aromatic heterocycles. The van der Waals surface area contributed by atoms with Gasteiger partial charge in [0.2, 0.25) is 0 Å². The van der Waals surface area contributed by atoms with Gasteiger partial charge in [0, 0.05) is 18.2 Å². The molecule has 1 unspecified atom stereocenters. The van der Waals surface area contributed by atoms with E-state index in [4.69, 9.17) is 4.74 Å². The predicted molar refractivity (Wildman–Crippen MR) is 83.0 cm³/mol. The highest BCUT2D eigenvalue weighted by Crippen LogP contribution is 2.18. The quantitative estimate of drug-likeness (QED) is 0.511. The SMILES string of the molecule is CC(OC(=O)c1cccc([N+](=O)[O-])c1)C(=O)NC1CCCCC1. The zero-order chi connectivity index (χ0) is 16.8. The first-order valence-electron chi connectivity index (χ1n) is 7.73. The second-order valence-electron chi connectivity index (χ2n) is 5.70. The highest BCUT2D eigenvalue weighted by atomic mass is 16.6. The van der Waals surface area contributed by atoms with Crippen molar-refractivity contribution in [1.29, 1.82) is 0 Å². The van der Waals surface area contributed by atoms with Crippen LogP contribution in [-0.2, 0) is 9.53 Å². The summed E-state index contributed by atoms with van der Waals surface area (Å²) in [6.07, 6.45) is 4.31. The van der Waals surface area contributed by atoms with Gasteiger partial charge in [0.25, 0.3) is 11.6 Å². The number of carbonyl (C=O) groups is 2. The van der Waals surface area contributed by atoms with E-state index in [0.29, 0.717) is 0 Å². The van der Waals surface area contributed by atoms with Crippen LogP contribution >= 0.6 is 0 Å². The number of rotatable bonds is 5. The van der Waals surface area contributed by atoms with E-state index in [1.807, 2.05) is 0 Å². The van der Waals surface area contributed by atoms with E-state index in [-0.39, 0.29) is 23.2 Å². The largest absolute Gasteiger partial charge is 0.449 e. The normalized spacial score (nSPS) is 16.4. The molecule has 1 amide bonds. The van der Waals surface area contributed by atoms with Crippen LogP contribution in [0.15, 0.2) is 24.3 Å². The standard InChI is InChI=1S/C16H20N2O5/c1-11(15(19)17-13-7-3-2-4-8-13)23-16(20)12-6-5-9-14(10-12)18(21)22/h5-6,9-11,13H,2-4,7-8H2,1H3,(H,17,19). The van der Waals surface area contributed by atoms with Crippen molar-refractivity contribution in [2.45, 2.75) is 51.2 Å². The van der Waals surface area contributed by atoms with Gasteiger partial charge in [-0.2, -0.15) is 0 Å². The molecule has 7 heteroatoms. The summed E-state index contributed by atoms with van der Waals surface area (Å²) in [7, 11) is 0. The molecule has 124 valence electrons. The molecule has 1 fully saturated rings. The molecule has 1 aromatic rings. The molecule has 0 bridgehead atoms.